The molecule has 4 rings (SSSR count). The smallest absolute Gasteiger partial charge is 0.324 e. The van der Waals surface area contributed by atoms with Crippen LogP contribution in [0.5, 0.6) is 5.75 Å². The lowest BCUT2D eigenvalue weighted by molar-refractivity contribution is -0.127. The molecule has 0 radical (unpaired) electrons. The van der Waals surface area contributed by atoms with Crippen LogP contribution in [-0.4, -0.2) is 57.0 Å². The Balaban J connectivity index is 1.27. The second-order valence-electron chi connectivity index (χ2n) is 7.90. The molecule has 1 unspecified atom stereocenters. The molecular formula is C23H26N6O4. The number of carbonyl (C=O) groups is 3. The summed E-state index contributed by atoms with van der Waals surface area (Å²) in [5, 5.41) is 13.8. The number of urea groups is 1. The highest BCUT2D eigenvalue weighted by molar-refractivity contribution is 6.04. The largest absolute Gasteiger partial charge is 0.497 e. The molecule has 3 aromatic rings. The van der Waals surface area contributed by atoms with Crippen molar-refractivity contribution in [2.45, 2.75) is 38.3 Å². The van der Waals surface area contributed by atoms with Crippen LogP contribution >= 0.6 is 0 Å². The molecular weight excluding hydrogens is 424 g/mol. The van der Waals surface area contributed by atoms with E-state index in [0.29, 0.717) is 17.9 Å². The minimum Gasteiger partial charge on any atom is -0.497 e. The van der Waals surface area contributed by atoms with E-state index in [1.165, 1.54) is 4.90 Å². The van der Waals surface area contributed by atoms with Crippen LogP contribution in [0, 0.1) is 0 Å². The maximum Gasteiger partial charge on any atom is 0.324 e. The lowest BCUT2D eigenvalue weighted by Gasteiger charge is -2.14. The lowest BCUT2D eigenvalue weighted by atomic mass is 10.1. The minimum atomic E-state index is -0.705. The number of aromatic nitrogens is 3. The number of nitrogens with one attached hydrogen (secondary N) is 2. The summed E-state index contributed by atoms with van der Waals surface area (Å²) in [7, 11) is 1.60. The van der Waals surface area contributed by atoms with Gasteiger partial charge in [0.2, 0.25) is 5.91 Å². The third-order valence-corrected chi connectivity index (χ3v) is 5.66. The molecule has 2 atom stereocenters. The number of fused-ring (bicyclic) bond motifs is 1. The summed E-state index contributed by atoms with van der Waals surface area (Å²) in [6.45, 7) is 2.10. The molecule has 10 heteroatoms. The van der Waals surface area contributed by atoms with Gasteiger partial charge in [-0.2, -0.15) is 0 Å². The molecule has 0 bridgehead atoms. The van der Waals surface area contributed by atoms with Crippen LogP contribution in [0.15, 0.2) is 48.7 Å². The Labute approximate surface area is 190 Å². The first-order valence-electron chi connectivity index (χ1n) is 10.8. The number of imide groups is 1. The van der Waals surface area contributed by atoms with Gasteiger partial charge in [0.25, 0.3) is 5.91 Å². The normalized spacial score (nSPS) is 16.7. The molecule has 1 fully saturated rings. The van der Waals surface area contributed by atoms with Crippen molar-refractivity contribution in [3.05, 3.63) is 60.0 Å². The number of hydrogen-bond donors (Lipinski definition) is 2. The maximum absolute atomic E-state index is 12.7. The molecule has 1 aliphatic rings. The van der Waals surface area contributed by atoms with E-state index in [1.807, 2.05) is 60.0 Å². The summed E-state index contributed by atoms with van der Waals surface area (Å²) in [5.41, 5.74) is 1.69. The third kappa shape index (κ3) is 4.94. The van der Waals surface area contributed by atoms with Gasteiger partial charge in [0, 0.05) is 19.2 Å². The van der Waals surface area contributed by atoms with Gasteiger partial charge in [-0.25, -0.2) is 4.79 Å². The van der Waals surface area contributed by atoms with E-state index in [1.54, 1.807) is 7.11 Å². The molecule has 4 amide bonds. The van der Waals surface area contributed by atoms with E-state index >= 15 is 0 Å². The Kier molecular flexibility index (Phi) is 6.53. The summed E-state index contributed by atoms with van der Waals surface area (Å²) >= 11 is 0. The SMILES string of the molecule is COc1ccc(CCN2C(=O)NC(CCC(=O)N[C@@H](C)c3nnc4ccccn34)C2=O)cc1. The standard InChI is InChI=1S/C23H26N6O4/c1-15(21-27-26-19-5-3-4-13-28(19)21)24-20(30)11-10-18-22(31)29(23(32)25-18)14-12-16-6-8-17(33-2)9-7-16/h3-9,13,15,18H,10-12,14H2,1-2H3,(H,24,30)(H,25,32)/t15-,18?/m0/s1. The first-order chi connectivity index (χ1) is 16.0. The summed E-state index contributed by atoms with van der Waals surface area (Å²) in [6, 6.07) is 11.6. The highest BCUT2D eigenvalue weighted by Gasteiger charge is 2.37. The van der Waals surface area contributed by atoms with E-state index < -0.39 is 12.1 Å². The zero-order valence-electron chi connectivity index (χ0n) is 18.5. The van der Waals surface area contributed by atoms with Gasteiger partial charge in [-0.15, -0.1) is 10.2 Å². The van der Waals surface area contributed by atoms with Crippen LogP contribution in [-0.2, 0) is 16.0 Å². The molecule has 2 aromatic heterocycles. The molecule has 3 heterocycles. The Bertz CT molecular complexity index is 1160. The summed E-state index contributed by atoms with van der Waals surface area (Å²) in [4.78, 5) is 38.6. The maximum atomic E-state index is 12.7. The van der Waals surface area contributed by atoms with Crippen molar-refractivity contribution in [2.75, 3.05) is 13.7 Å². The van der Waals surface area contributed by atoms with Crippen LogP contribution in [0.4, 0.5) is 4.79 Å². The number of nitrogens with zero attached hydrogens (tertiary/aromatic N) is 4. The van der Waals surface area contributed by atoms with Gasteiger partial charge in [-0.1, -0.05) is 18.2 Å². The highest BCUT2D eigenvalue weighted by atomic mass is 16.5. The molecule has 2 N–H and O–H groups in total. The summed E-state index contributed by atoms with van der Waals surface area (Å²) in [6.07, 6.45) is 2.70. The Morgan fingerprint density at radius 1 is 1.18 bits per heavy atom. The van der Waals surface area contributed by atoms with Gasteiger partial charge in [0.15, 0.2) is 11.5 Å². The van der Waals surface area contributed by atoms with Crippen LogP contribution in [0.25, 0.3) is 5.65 Å². The number of rotatable bonds is 9. The number of ether oxygens (including phenoxy) is 1. The second-order valence-corrected chi connectivity index (χ2v) is 7.90. The molecule has 1 aliphatic heterocycles. The number of methoxy groups -OCH3 is 1. The van der Waals surface area contributed by atoms with E-state index in [4.69, 9.17) is 4.74 Å². The average Bonchev–Trinajstić information content (AvgIpc) is 3.37. The monoisotopic (exact) mass is 450 g/mol. The van der Waals surface area contributed by atoms with Crippen molar-refractivity contribution in [3.63, 3.8) is 0 Å². The van der Waals surface area contributed by atoms with E-state index in [0.717, 1.165) is 11.3 Å². The van der Waals surface area contributed by atoms with Crippen molar-refractivity contribution < 1.29 is 19.1 Å². The zero-order valence-corrected chi connectivity index (χ0v) is 18.5. The van der Waals surface area contributed by atoms with Crippen molar-refractivity contribution in [3.8, 4) is 5.75 Å². The predicted molar refractivity (Wildman–Crippen MR) is 120 cm³/mol. The number of pyridine rings is 1. The van der Waals surface area contributed by atoms with Crippen molar-refractivity contribution in [1.82, 2.24) is 30.1 Å². The van der Waals surface area contributed by atoms with Crippen LogP contribution in [0.1, 0.15) is 37.2 Å². The fourth-order valence-corrected chi connectivity index (χ4v) is 3.83. The van der Waals surface area contributed by atoms with Crippen molar-refractivity contribution in [1.29, 1.82) is 0 Å². The zero-order chi connectivity index (χ0) is 23.4. The number of carbonyl (C=O) groups excluding carboxylic acids is 3. The fourth-order valence-electron chi connectivity index (χ4n) is 3.83. The van der Waals surface area contributed by atoms with Crippen LogP contribution in [0.2, 0.25) is 0 Å². The summed E-state index contributed by atoms with van der Waals surface area (Å²) < 4.78 is 6.95. The first kappa shape index (κ1) is 22.3. The number of hydrogen-bond acceptors (Lipinski definition) is 6. The van der Waals surface area contributed by atoms with Gasteiger partial charge < -0.3 is 15.4 Å². The molecule has 172 valence electrons. The number of benzene rings is 1. The molecule has 33 heavy (non-hydrogen) atoms. The molecule has 0 aliphatic carbocycles. The number of amides is 4. The molecule has 10 nitrogen and oxygen atoms in total. The Hall–Kier alpha value is -3.95. The molecule has 0 spiro atoms. The van der Waals surface area contributed by atoms with E-state index in [9.17, 15) is 14.4 Å². The summed E-state index contributed by atoms with van der Waals surface area (Å²) in [5.74, 6) is 0.833. The van der Waals surface area contributed by atoms with Crippen LogP contribution in [0.3, 0.4) is 0 Å². The average molecular weight is 450 g/mol. The second kappa shape index (κ2) is 9.68. The fraction of sp³-hybridized carbons (Fsp3) is 0.348. The minimum absolute atomic E-state index is 0.101. The van der Waals surface area contributed by atoms with Gasteiger partial charge in [-0.3, -0.25) is 18.9 Å². The quantitative estimate of drug-likeness (QED) is 0.481. The topological polar surface area (TPSA) is 118 Å². The molecule has 1 aromatic carbocycles. The van der Waals surface area contributed by atoms with Gasteiger partial charge >= 0.3 is 6.03 Å². The predicted octanol–water partition coefficient (Wildman–Crippen LogP) is 1.86. The third-order valence-electron chi connectivity index (χ3n) is 5.66. The highest BCUT2D eigenvalue weighted by Crippen LogP contribution is 2.16. The van der Waals surface area contributed by atoms with Gasteiger partial charge in [-0.05, 0) is 49.6 Å². The van der Waals surface area contributed by atoms with Gasteiger partial charge in [0.05, 0.1) is 13.2 Å². The molecule has 1 saturated heterocycles. The van der Waals surface area contributed by atoms with Crippen molar-refractivity contribution >= 4 is 23.5 Å². The van der Waals surface area contributed by atoms with E-state index in [2.05, 4.69) is 20.8 Å². The lowest BCUT2D eigenvalue weighted by Crippen LogP contribution is -2.34. The Morgan fingerprint density at radius 2 is 1.97 bits per heavy atom. The van der Waals surface area contributed by atoms with Crippen molar-refractivity contribution in [2.24, 2.45) is 0 Å². The van der Waals surface area contributed by atoms with Crippen LogP contribution < -0.4 is 15.4 Å². The Morgan fingerprint density at radius 3 is 2.73 bits per heavy atom. The first-order valence-corrected chi connectivity index (χ1v) is 10.8. The van der Waals surface area contributed by atoms with Gasteiger partial charge in [0.1, 0.15) is 11.8 Å². The van der Waals surface area contributed by atoms with E-state index in [-0.39, 0.29) is 37.2 Å². The molecule has 0 saturated carbocycles.